The van der Waals surface area contributed by atoms with E-state index in [1.807, 2.05) is 13.8 Å². The van der Waals surface area contributed by atoms with Crippen molar-refractivity contribution in [2.24, 2.45) is 0 Å². The number of aromatic amines is 1. The smallest absolute Gasteiger partial charge is 0.407 e. The molecule has 2 aromatic heterocycles. The number of sulfonamides is 1. The van der Waals surface area contributed by atoms with Crippen molar-refractivity contribution in [2.75, 3.05) is 11.9 Å². The molecule has 4 N–H and O–H groups in total. The van der Waals surface area contributed by atoms with E-state index in [1.54, 1.807) is 31.3 Å². The number of amides is 1. The Hall–Kier alpha value is -3.29. The summed E-state index contributed by atoms with van der Waals surface area (Å²) in [5.41, 5.74) is 0.735. The van der Waals surface area contributed by atoms with Crippen LogP contribution in [0.2, 0.25) is 0 Å². The first-order chi connectivity index (χ1) is 18.1. The maximum atomic E-state index is 13.1. The highest BCUT2D eigenvalue weighted by molar-refractivity contribution is 7.89. The lowest BCUT2D eigenvalue weighted by molar-refractivity contribution is 0.109. The van der Waals surface area contributed by atoms with Gasteiger partial charge in [-0.25, -0.2) is 28.0 Å². The van der Waals surface area contributed by atoms with Gasteiger partial charge in [-0.05, 0) is 57.7 Å². The molecule has 204 valence electrons. The van der Waals surface area contributed by atoms with E-state index in [2.05, 4.69) is 30.5 Å². The molecule has 1 amide bonds. The second-order valence-electron chi connectivity index (χ2n) is 9.35. The van der Waals surface area contributed by atoms with Crippen molar-refractivity contribution in [3.05, 3.63) is 51.9 Å². The first-order valence-corrected chi connectivity index (χ1v) is 14.8. The van der Waals surface area contributed by atoms with Crippen LogP contribution < -0.4 is 20.9 Å². The predicted molar refractivity (Wildman–Crippen MR) is 146 cm³/mol. The van der Waals surface area contributed by atoms with Crippen LogP contribution in [0.3, 0.4) is 0 Å². The molecule has 38 heavy (non-hydrogen) atoms. The molecule has 2 heterocycles. The summed E-state index contributed by atoms with van der Waals surface area (Å²) in [4.78, 5) is 28.7. The molecule has 3 aromatic rings. The fourth-order valence-electron chi connectivity index (χ4n) is 4.36. The Morgan fingerprint density at radius 1 is 1.18 bits per heavy atom. The molecule has 11 nitrogen and oxygen atoms in total. The topological polar surface area (TPSA) is 155 Å². The van der Waals surface area contributed by atoms with Crippen LogP contribution in [0.5, 0.6) is 0 Å². The van der Waals surface area contributed by atoms with E-state index in [-0.39, 0.29) is 41.2 Å². The molecule has 0 unspecified atom stereocenters. The van der Waals surface area contributed by atoms with Gasteiger partial charge >= 0.3 is 6.09 Å². The molecular weight excluding hydrogens is 528 g/mol. The quantitative estimate of drug-likeness (QED) is 0.305. The summed E-state index contributed by atoms with van der Waals surface area (Å²) in [6, 6.07) is 7.98. The van der Waals surface area contributed by atoms with Gasteiger partial charge in [-0.1, -0.05) is 13.0 Å². The second kappa shape index (κ2) is 12.0. The number of carbonyl (C=O) groups excluding carboxylic acids is 1. The number of anilines is 2. The highest BCUT2D eigenvalue weighted by Crippen LogP contribution is 2.40. The zero-order chi connectivity index (χ0) is 27.3. The number of benzene rings is 1. The van der Waals surface area contributed by atoms with E-state index in [4.69, 9.17) is 4.74 Å². The van der Waals surface area contributed by atoms with E-state index >= 15 is 0 Å². The molecule has 0 saturated heterocycles. The normalized spacial score (nSPS) is 17.8. The minimum atomic E-state index is -3.80. The zero-order valence-electron chi connectivity index (χ0n) is 21.5. The van der Waals surface area contributed by atoms with Crippen molar-refractivity contribution < 1.29 is 17.9 Å². The first-order valence-electron chi connectivity index (χ1n) is 12.5. The van der Waals surface area contributed by atoms with Crippen molar-refractivity contribution in [3.8, 4) is 10.4 Å². The molecule has 13 heteroatoms. The fraction of sp³-hybridized carbons (Fsp3) is 0.440. The summed E-state index contributed by atoms with van der Waals surface area (Å²) in [5, 5.41) is 13.2. The third kappa shape index (κ3) is 6.97. The molecule has 0 bridgehead atoms. The third-order valence-corrected chi connectivity index (χ3v) is 8.87. The first kappa shape index (κ1) is 27.7. The Labute approximate surface area is 225 Å². The summed E-state index contributed by atoms with van der Waals surface area (Å²) in [7, 11) is -3.80. The number of alkyl carbamates (subject to hydrolysis) is 1. The predicted octanol–water partition coefficient (Wildman–Crippen LogP) is 4.10. The lowest BCUT2D eigenvalue weighted by Gasteiger charge is -2.28. The largest absolute Gasteiger partial charge is 0.447 e. The monoisotopic (exact) mass is 560 g/mol. The van der Waals surface area contributed by atoms with Gasteiger partial charge in [0.15, 0.2) is 5.82 Å². The summed E-state index contributed by atoms with van der Waals surface area (Å²) < 4.78 is 34.0. The van der Waals surface area contributed by atoms with Crippen molar-refractivity contribution >= 4 is 39.0 Å². The average molecular weight is 561 g/mol. The number of nitrogens with one attached hydrogen (secondary N) is 4. The Kier molecular flexibility index (Phi) is 8.80. The van der Waals surface area contributed by atoms with E-state index in [1.165, 1.54) is 23.5 Å². The van der Waals surface area contributed by atoms with Crippen LogP contribution in [-0.4, -0.2) is 48.4 Å². The molecule has 1 aromatic carbocycles. The second-order valence-corrected chi connectivity index (χ2v) is 12.2. The number of carbonyl (C=O) groups is 1. The van der Waals surface area contributed by atoms with Crippen molar-refractivity contribution in [3.63, 3.8) is 0 Å². The van der Waals surface area contributed by atoms with E-state index in [0.29, 0.717) is 17.1 Å². The number of aromatic nitrogens is 3. The molecule has 0 aliphatic heterocycles. The molecule has 1 saturated carbocycles. The van der Waals surface area contributed by atoms with Gasteiger partial charge in [0, 0.05) is 42.0 Å². The van der Waals surface area contributed by atoms with E-state index < -0.39 is 10.0 Å². The summed E-state index contributed by atoms with van der Waals surface area (Å²) in [6.45, 7) is 5.61. The number of ether oxygens (including phenoxy) is 1. The lowest BCUT2D eigenvalue weighted by Crippen LogP contribution is -2.38. The van der Waals surface area contributed by atoms with Gasteiger partial charge in [-0.2, -0.15) is 5.10 Å². The van der Waals surface area contributed by atoms with Gasteiger partial charge in [0.1, 0.15) is 0 Å². The zero-order valence-corrected chi connectivity index (χ0v) is 23.1. The van der Waals surface area contributed by atoms with Gasteiger partial charge in [0.25, 0.3) is 5.56 Å². The number of thiazole rings is 1. The molecule has 1 fully saturated rings. The SMILES string of the molecule is CCNS(=O)(=O)c1cc(Nc2ccc(=O)[nH]n2)ccc1-c1cnc(C2CCC(NC(=O)OC(C)C)CC2)s1. The molecule has 0 radical (unpaired) electrons. The van der Waals surface area contributed by atoms with Gasteiger partial charge in [0.2, 0.25) is 10.0 Å². The van der Waals surface area contributed by atoms with Gasteiger partial charge in [0.05, 0.1) is 20.9 Å². The molecule has 4 rings (SSSR count). The van der Waals surface area contributed by atoms with Crippen LogP contribution in [0.1, 0.15) is 57.4 Å². The van der Waals surface area contributed by atoms with E-state index in [9.17, 15) is 18.0 Å². The van der Waals surface area contributed by atoms with Crippen LogP contribution in [0.15, 0.2) is 46.2 Å². The molecule has 0 atom stereocenters. The van der Waals surface area contributed by atoms with Gasteiger partial charge < -0.3 is 15.4 Å². The molecule has 0 spiro atoms. The fourth-order valence-corrected chi connectivity index (χ4v) is 6.83. The number of rotatable bonds is 9. The Morgan fingerprint density at radius 2 is 1.95 bits per heavy atom. The summed E-state index contributed by atoms with van der Waals surface area (Å²) >= 11 is 1.49. The Morgan fingerprint density at radius 3 is 2.61 bits per heavy atom. The lowest BCUT2D eigenvalue weighted by atomic mass is 9.86. The van der Waals surface area contributed by atoms with Gasteiger partial charge in [-0.15, -0.1) is 11.3 Å². The number of H-pyrrole nitrogens is 1. The minimum Gasteiger partial charge on any atom is -0.447 e. The highest BCUT2D eigenvalue weighted by atomic mass is 32.2. The van der Waals surface area contributed by atoms with Crippen molar-refractivity contribution in [1.82, 2.24) is 25.2 Å². The number of hydrogen-bond donors (Lipinski definition) is 4. The van der Waals surface area contributed by atoms with E-state index in [0.717, 1.165) is 35.6 Å². The Bertz CT molecular complexity index is 1410. The molecular formula is C25H32N6O5S2. The summed E-state index contributed by atoms with van der Waals surface area (Å²) in [6.07, 6.45) is 4.57. The standard InChI is InChI=1S/C25H32N6O5S2/c1-4-27-38(34,35)21-13-18(28-22-11-12-23(32)31-30-22)9-10-19(21)20-14-26-24(37-20)16-5-7-17(8-6-16)29-25(33)36-15(2)3/h9-17,27H,4-8H2,1-3H3,(H,28,30)(H,29,33)(H,31,32). The highest BCUT2D eigenvalue weighted by Gasteiger charge is 2.27. The van der Waals surface area contributed by atoms with Crippen molar-refractivity contribution in [1.29, 1.82) is 0 Å². The summed E-state index contributed by atoms with van der Waals surface area (Å²) in [5.74, 6) is 0.626. The van der Waals surface area contributed by atoms with Crippen LogP contribution in [0.25, 0.3) is 10.4 Å². The maximum absolute atomic E-state index is 13.1. The minimum absolute atomic E-state index is 0.0748. The van der Waals surface area contributed by atoms with Crippen LogP contribution in [0.4, 0.5) is 16.3 Å². The number of hydrogen-bond acceptors (Lipinski definition) is 9. The molecule has 1 aliphatic rings. The van der Waals surface area contributed by atoms with Crippen LogP contribution in [0, 0.1) is 0 Å². The average Bonchev–Trinajstić information content (AvgIpc) is 3.35. The Balaban J connectivity index is 1.52. The molecule has 1 aliphatic carbocycles. The maximum Gasteiger partial charge on any atom is 0.407 e. The van der Waals surface area contributed by atoms with Crippen molar-refractivity contribution in [2.45, 2.75) is 69.4 Å². The third-order valence-electron chi connectivity index (χ3n) is 6.09. The number of nitrogens with zero attached hydrogens (tertiary/aromatic N) is 2. The van der Waals surface area contributed by atoms with Crippen LogP contribution in [-0.2, 0) is 14.8 Å². The van der Waals surface area contributed by atoms with Gasteiger partial charge in [-0.3, -0.25) is 4.79 Å². The van der Waals surface area contributed by atoms with Crippen LogP contribution >= 0.6 is 11.3 Å².